The van der Waals surface area contributed by atoms with Crippen molar-refractivity contribution in [1.29, 1.82) is 0 Å². The van der Waals surface area contributed by atoms with Gasteiger partial charge in [-0.3, -0.25) is 14.6 Å². The molecule has 3 aromatic rings. The monoisotopic (exact) mass is 768 g/mol. The molecule has 0 spiro atoms. The van der Waals surface area contributed by atoms with Gasteiger partial charge in [-0.15, -0.1) is 0 Å². The van der Waals surface area contributed by atoms with Crippen LogP contribution < -0.4 is 21.5 Å². The molecule has 0 radical (unpaired) electrons. The first-order valence-corrected chi connectivity index (χ1v) is 19.9. The van der Waals surface area contributed by atoms with E-state index in [1.165, 1.54) is 7.11 Å². The van der Waals surface area contributed by atoms with Crippen molar-refractivity contribution >= 4 is 28.3 Å². The van der Waals surface area contributed by atoms with E-state index in [4.69, 9.17) is 16.2 Å². The highest BCUT2D eigenvalue weighted by atomic mass is 16.5. The summed E-state index contributed by atoms with van der Waals surface area (Å²) in [5, 5.41) is 60.7. The van der Waals surface area contributed by atoms with E-state index in [0.717, 1.165) is 60.5 Å². The van der Waals surface area contributed by atoms with Crippen LogP contribution in [0.15, 0.2) is 47.5 Å². The van der Waals surface area contributed by atoms with Gasteiger partial charge in [-0.2, -0.15) is 0 Å². The maximum absolute atomic E-state index is 13.6. The van der Waals surface area contributed by atoms with Crippen molar-refractivity contribution in [2.45, 2.75) is 107 Å². The largest absolute Gasteiger partial charge is 0.508 e. The number of Topliss-reactive ketones (excluding diaryl/α,β-unsaturated/α-hetero) is 2. The van der Waals surface area contributed by atoms with Gasteiger partial charge in [-0.05, 0) is 127 Å². The molecule has 12 heteroatoms. The van der Waals surface area contributed by atoms with Gasteiger partial charge >= 0.3 is 0 Å². The minimum atomic E-state index is -1.34. The molecular weight excluding hydrogens is 713 g/mol. The van der Waals surface area contributed by atoms with Gasteiger partial charge in [-0.25, -0.2) is 0 Å². The molecule has 1 saturated heterocycles. The number of aliphatic hydroxyl groups excluding tert-OH is 3. The number of carbonyl (C=O) groups is 2. The molecule has 1 heterocycles. The second-order valence-corrected chi connectivity index (χ2v) is 15.9. The molecule has 0 amide bonds. The maximum Gasteiger partial charge on any atom is 0.185 e. The van der Waals surface area contributed by atoms with Crippen LogP contribution in [0.1, 0.15) is 98.5 Å². The summed E-state index contributed by atoms with van der Waals surface area (Å²) in [5.74, 6) is 6.06. The lowest BCUT2D eigenvalue weighted by atomic mass is 9.74. The van der Waals surface area contributed by atoms with Crippen LogP contribution in [0, 0.1) is 29.6 Å². The zero-order valence-electron chi connectivity index (χ0n) is 32.1. The third-order valence-corrected chi connectivity index (χ3v) is 12.0. The molecule has 3 aliphatic rings. The summed E-state index contributed by atoms with van der Waals surface area (Å²) in [4.78, 5) is 29.6. The number of phenols is 2. The van der Waals surface area contributed by atoms with E-state index < -0.39 is 30.1 Å². The highest BCUT2D eigenvalue weighted by Gasteiger charge is 2.35. The Morgan fingerprint density at radius 2 is 1.84 bits per heavy atom. The number of aryl methyl sites for hydroxylation is 1. The third-order valence-electron chi connectivity index (χ3n) is 12.0. The molecular formula is C44H56N4O8. The average Bonchev–Trinajstić information content (AvgIpc) is 3.23. The van der Waals surface area contributed by atoms with Crippen LogP contribution in [0.25, 0.3) is 10.8 Å². The fraction of sp³-hybridized carbons (Fsp3) is 0.523. The fourth-order valence-corrected chi connectivity index (χ4v) is 8.90. The molecule has 1 saturated carbocycles. The number of nitrogens with zero attached hydrogens (tertiary/aromatic N) is 1. The maximum atomic E-state index is 13.6. The third kappa shape index (κ3) is 10.0. The van der Waals surface area contributed by atoms with Gasteiger partial charge in [-0.1, -0.05) is 36.8 Å². The molecule has 1 aliphatic heterocycles. The highest BCUT2D eigenvalue weighted by molar-refractivity contribution is 5.88. The Morgan fingerprint density at radius 3 is 2.62 bits per heavy atom. The number of nitrogens with one attached hydrogen (secondary N) is 1. The standard InChI is InChI=1S/C44H56N4O8/c1-56-42-20-28-9-13-39(52)34(38(51)5-3-2-4-25-16-30-7-11-33(50)22-37(30)48-24-25)12-8-27(36(28)23-40(42)53)19-41(54)43(55)31-17-26-6-10-32(49)21-35(26)29(18-31)14-15-47-44(45)46/h6,10,17-18,20-21,23,25,27,30,34,37-38,41,43,48-49,51,53-55H,2-5,7,9,11,13-16,19,22,24H2,1H3,(H4,45,46,47)/t25-,27+,30+,34-,37-,38-,41+,43-/m1/s1. The number of aromatic hydroxyl groups is 2. The molecule has 0 bridgehead atoms. The molecule has 2 fully saturated rings. The van der Waals surface area contributed by atoms with Crippen molar-refractivity contribution in [1.82, 2.24) is 5.32 Å². The van der Waals surface area contributed by atoms with Gasteiger partial charge in [0.25, 0.3) is 0 Å². The summed E-state index contributed by atoms with van der Waals surface area (Å²) >= 11 is 0. The van der Waals surface area contributed by atoms with Gasteiger partial charge < -0.3 is 47.1 Å². The summed E-state index contributed by atoms with van der Waals surface area (Å²) in [6, 6.07) is 12.0. The van der Waals surface area contributed by atoms with Crippen molar-refractivity contribution in [3.8, 4) is 29.1 Å². The number of piperidine rings is 1. The van der Waals surface area contributed by atoms with E-state index >= 15 is 0 Å². The van der Waals surface area contributed by atoms with Crippen molar-refractivity contribution in [3.05, 3.63) is 64.7 Å². The minimum Gasteiger partial charge on any atom is -0.508 e. The summed E-state index contributed by atoms with van der Waals surface area (Å²) in [5.41, 5.74) is 13.6. The van der Waals surface area contributed by atoms with E-state index in [0.29, 0.717) is 66.9 Å². The highest BCUT2D eigenvalue weighted by Crippen LogP contribution is 2.39. The van der Waals surface area contributed by atoms with Gasteiger partial charge in [0.05, 0.1) is 19.3 Å². The molecule has 6 rings (SSSR count). The van der Waals surface area contributed by atoms with Gasteiger partial charge in [0.1, 0.15) is 23.6 Å². The lowest BCUT2D eigenvalue weighted by Gasteiger charge is -2.39. The normalized spacial score (nSPS) is 24.0. The van der Waals surface area contributed by atoms with Crippen molar-refractivity contribution in [2.24, 2.45) is 34.2 Å². The van der Waals surface area contributed by atoms with E-state index in [9.17, 15) is 35.1 Å². The molecule has 8 atom stereocenters. The Morgan fingerprint density at radius 1 is 1.02 bits per heavy atom. The van der Waals surface area contributed by atoms with Crippen LogP contribution in [0.5, 0.6) is 17.2 Å². The van der Waals surface area contributed by atoms with Gasteiger partial charge in [0.15, 0.2) is 23.2 Å². The quantitative estimate of drug-likeness (QED) is 0.0506. The van der Waals surface area contributed by atoms with Crippen LogP contribution in [-0.2, 0) is 22.4 Å². The molecule has 0 aromatic heterocycles. The molecule has 10 N–H and O–H groups in total. The zero-order chi connectivity index (χ0) is 39.9. The van der Waals surface area contributed by atoms with E-state index in [1.54, 1.807) is 42.5 Å². The average molecular weight is 769 g/mol. The van der Waals surface area contributed by atoms with Crippen LogP contribution in [0.2, 0.25) is 0 Å². The predicted octanol–water partition coefficient (Wildman–Crippen LogP) is 4.05. The Bertz CT molecular complexity index is 1980. The number of ketones is 2. The van der Waals surface area contributed by atoms with E-state index in [1.807, 2.05) is 0 Å². The second kappa shape index (κ2) is 18.5. The van der Waals surface area contributed by atoms with Gasteiger partial charge in [0, 0.05) is 37.8 Å². The summed E-state index contributed by atoms with van der Waals surface area (Å²) in [7, 11) is 1.45. The van der Waals surface area contributed by atoms with Crippen LogP contribution in [-0.4, -0.2) is 81.5 Å². The number of unbranched alkanes of at least 4 members (excludes halogenated alkanes) is 1. The number of rotatable bonds is 14. The topological polar surface area (TPSA) is 221 Å². The Hall–Kier alpha value is -4.67. The molecule has 12 nitrogen and oxygen atoms in total. The number of fused-ring (bicyclic) bond motifs is 3. The number of phenolic OH excluding ortho intramolecular Hbond substituents is 2. The number of hydrogen-bond acceptors (Lipinski definition) is 10. The number of aliphatic hydroxyl groups is 3. The van der Waals surface area contributed by atoms with Crippen LogP contribution >= 0.6 is 0 Å². The lowest BCUT2D eigenvalue weighted by Crippen LogP contribution is -2.48. The first kappa shape index (κ1) is 41.0. The Balaban J connectivity index is 1.18. The molecule has 0 unspecified atom stereocenters. The molecule has 3 aromatic carbocycles. The molecule has 300 valence electrons. The van der Waals surface area contributed by atoms with Gasteiger partial charge in [0.2, 0.25) is 0 Å². The number of benzene rings is 3. The van der Waals surface area contributed by atoms with Crippen LogP contribution in [0.4, 0.5) is 0 Å². The summed E-state index contributed by atoms with van der Waals surface area (Å²) in [6.07, 6.45) is 3.69. The number of aliphatic imine (C=N–C) groups is 1. The Kier molecular flexibility index (Phi) is 13.5. The lowest BCUT2D eigenvalue weighted by molar-refractivity contribution is -0.124. The fourth-order valence-electron chi connectivity index (χ4n) is 8.90. The second-order valence-electron chi connectivity index (χ2n) is 15.9. The number of hydrogen-bond donors (Lipinski definition) is 8. The summed E-state index contributed by atoms with van der Waals surface area (Å²) in [6.45, 7) is 1.18. The number of guanidine groups is 1. The number of carbonyl (C=O) groups excluding carboxylic acids is 2. The zero-order valence-corrected chi connectivity index (χ0v) is 32.1. The number of nitrogens with two attached hydrogens (primary N) is 2. The summed E-state index contributed by atoms with van der Waals surface area (Å²) < 4.78 is 5.38. The van der Waals surface area contributed by atoms with Crippen LogP contribution in [0.3, 0.4) is 0 Å². The number of methoxy groups -OCH3 is 1. The predicted molar refractivity (Wildman–Crippen MR) is 214 cm³/mol. The van der Waals surface area contributed by atoms with E-state index in [2.05, 4.69) is 22.2 Å². The van der Waals surface area contributed by atoms with E-state index in [-0.39, 0.29) is 48.4 Å². The van der Waals surface area contributed by atoms with Crippen molar-refractivity contribution in [3.63, 3.8) is 0 Å². The smallest absolute Gasteiger partial charge is 0.185 e. The first-order chi connectivity index (χ1) is 26.9. The molecule has 56 heavy (non-hydrogen) atoms. The van der Waals surface area contributed by atoms with Crippen molar-refractivity contribution < 1.29 is 39.9 Å². The Labute approximate surface area is 328 Å². The SMILES string of the molecule is COc1cc2c(cc1O)[C@H](C[C@H](O)[C@H](O)c1cc(CCN=C(N)N)c3cc(O)ccc3c1)C#C[C@H]([C@H](O)CCCC[C@H]1CN[C@@H]3CC(=O)CC[C@H]3C1)C(=O)CC2. The minimum absolute atomic E-state index is 0.0354. The molecule has 2 aliphatic carbocycles. The van der Waals surface area contributed by atoms with Crippen molar-refractivity contribution in [2.75, 3.05) is 20.2 Å². The number of ether oxygens (including phenoxy) is 1. The first-order valence-electron chi connectivity index (χ1n) is 19.9.